The van der Waals surface area contributed by atoms with E-state index in [1.165, 1.54) is 6.42 Å². The number of aldehydes is 2. The third-order valence-corrected chi connectivity index (χ3v) is 3.96. The van der Waals surface area contributed by atoms with Gasteiger partial charge >= 0.3 is 0 Å². The summed E-state index contributed by atoms with van der Waals surface area (Å²) in [6.07, 6.45) is 10.2. The van der Waals surface area contributed by atoms with Crippen molar-refractivity contribution in [3.8, 4) is 0 Å². The summed E-state index contributed by atoms with van der Waals surface area (Å²) in [5, 5.41) is 8.39. The zero-order valence-electron chi connectivity index (χ0n) is 15.1. The number of allylic oxidation sites excluding steroid dienone is 1. The van der Waals surface area contributed by atoms with E-state index in [1.54, 1.807) is 6.92 Å². The molecule has 2 heterocycles. The summed E-state index contributed by atoms with van der Waals surface area (Å²) in [4.78, 5) is 21.5. The van der Waals surface area contributed by atoms with Crippen molar-refractivity contribution in [1.82, 2.24) is 4.90 Å². The lowest BCUT2D eigenvalue weighted by Crippen LogP contribution is -2.33. The SMILES string of the molecule is CC1OC2CCC=CN2C1C.O=CCCCC=O.[CH2+]C(O)C(C)N. The van der Waals surface area contributed by atoms with Crippen LogP contribution in [0.15, 0.2) is 12.3 Å². The molecule has 3 N–H and O–H groups in total. The van der Waals surface area contributed by atoms with Crippen molar-refractivity contribution in [3.05, 3.63) is 19.2 Å². The van der Waals surface area contributed by atoms with Gasteiger partial charge < -0.3 is 30.1 Å². The summed E-state index contributed by atoms with van der Waals surface area (Å²) < 4.78 is 5.75. The molecule has 5 unspecified atom stereocenters. The van der Waals surface area contributed by atoms with Gasteiger partial charge in [-0.05, 0) is 46.2 Å². The van der Waals surface area contributed by atoms with E-state index in [4.69, 9.17) is 15.6 Å². The second kappa shape index (κ2) is 13.0. The number of rotatable bonds is 5. The third-order valence-electron chi connectivity index (χ3n) is 3.96. The summed E-state index contributed by atoms with van der Waals surface area (Å²) in [5.74, 6) is 0. The summed E-state index contributed by atoms with van der Waals surface area (Å²) >= 11 is 0. The number of hydrogen-bond acceptors (Lipinski definition) is 6. The Morgan fingerprint density at radius 3 is 2.33 bits per heavy atom. The number of ether oxygens (including phenoxy) is 1. The molecule has 2 aliphatic heterocycles. The van der Waals surface area contributed by atoms with E-state index >= 15 is 0 Å². The molecular weight excluding hydrogens is 308 g/mol. The number of unbranched alkanes of at least 4 members (excludes halogenated alkanes) is 2. The fourth-order valence-electron chi connectivity index (χ4n) is 2.10. The highest BCUT2D eigenvalue weighted by Crippen LogP contribution is 2.28. The Morgan fingerprint density at radius 1 is 1.38 bits per heavy atom. The molecule has 24 heavy (non-hydrogen) atoms. The number of aliphatic hydroxyl groups excluding tert-OH is 1. The van der Waals surface area contributed by atoms with E-state index in [2.05, 4.69) is 37.9 Å². The van der Waals surface area contributed by atoms with E-state index in [0.717, 1.165) is 19.0 Å². The molecule has 0 bridgehead atoms. The zero-order valence-corrected chi connectivity index (χ0v) is 15.1. The van der Waals surface area contributed by atoms with Gasteiger partial charge in [-0.1, -0.05) is 6.08 Å². The monoisotopic (exact) mass is 341 g/mol. The second-order valence-electron chi connectivity index (χ2n) is 6.14. The lowest BCUT2D eigenvalue weighted by molar-refractivity contribution is -0.108. The minimum atomic E-state index is -0.620. The quantitative estimate of drug-likeness (QED) is 0.450. The molecule has 2 rings (SSSR count). The van der Waals surface area contributed by atoms with Crippen LogP contribution in [0.5, 0.6) is 0 Å². The first-order valence-corrected chi connectivity index (χ1v) is 8.58. The van der Waals surface area contributed by atoms with Crippen molar-refractivity contribution >= 4 is 12.6 Å². The van der Waals surface area contributed by atoms with Crippen molar-refractivity contribution < 1.29 is 19.4 Å². The molecule has 0 aromatic carbocycles. The van der Waals surface area contributed by atoms with Crippen molar-refractivity contribution in [1.29, 1.82) is 0 Å². The fraction of sp³-hybridized carbons (Fsp3) is 0.722. The van der Waals surface area contributed by atoms with Gasteiger partial charge in [-0.15, -0.1) is 0 Å². The lowest BCUT2D eigenvalue weighted by atomic mass is 10.1. The molecule has 0 aromatic rings. The summed E-state index contributed by atoms with van der Waals surface area (Å²) in [6, 6.07) is 0.349. The molecule has 0 amide bonds. The van der Waals surface area contributed by atoms with Gasteiger partial charge in [-0.25, -0.2) is 0 Å². The molecule has 2 aliphatic rings. The van der Waals surface area contributed by atoms with E-state index in [0.29, 0.717) is 37.6 Å². The molecule has 0 aromatic heterocycles. The van der Waals surface area contributed by atoms with Gasteiger partial charge in [-0.2, -0.15) is 0 Å². The highest BCUT2D eigenvalue weighted by molar-refractivity contribution is 5.52. The van der Waals surface area contributed by atoms with Crippen LogP contribution in [0.3, 0.4) is 0 Å². The molecule has 0 aliphatic carbocycles. The maximum Gasteiger partial charge on any atom is 0.207 e. The third kappa shape index (κ3) is 9.05. The maximum absolute atomic E-state index is 9.56. The largest absolute Gasteiger partial charge is 0.353 e. The van der Waals surface area contributed by atoms with Crippen molar-refractivity contribution in [2.75, 3.05) is 0 Å². The van der Waals surface area contributed by atoms with Gasteiger partial charge in [0.15, 0.2) is 0 Å². The number of nitrogens with zero attached hydrogens (tertiary/aromatic N) is 1. The topological polar surface area (TPSA) is 92.9 Å². The predicted molar refractivity (Wildman–Crippen MR) is 95.0 cm³/mol. The first kappa shape index (κ1) is 22.6. The van der Waals surface area contributed by atoms with E-state index < -0.39 is 6.10 Å². The van der Waals surface area contributed by atoms with Crippen molar-refractivity contribution in [3.63, 3.8) is 0 Å². The summed E-state index contributed by atoms with van der Waals surface area (Å²) in [6.45, 7) is 9.35. The smallest absolute Gasteiger partial charge is 0.207 e. The second-order valence-corrected chi connectivity index (χ2v) is 6.14. The molecule has 0 saturated carbocycles. The molecular formula is C18H33N2O4+. The summed E-state index contributed by atoms with van der Waals surface area (Å²) in [5.41, 5.74) is 5.12. The van der Waals surface area contributed by atoms with Crippen LogP contribution in [0, 0.1) is 6.92 Å². The first-order valence-electron chi connectivity index (χ1n) is 8.58. The lowest BCUT2D eigenvalue weighted by Gasteiger charge is -2.27. The summed E-state index contributed by atoms with van der Waals surface area (Å²) in [7, 11) is 0. The molecule has 5 atom stereocenters. The average Bonchev–Trinajstić information content (AvgIpc) is 2.84. The standard InChI is InChI=1S/C9H15NO.C5H8O2.C4H10NO/c1-7-8(2)11-9-5-3-4-6-10(7)9;6-4-2-1-3-5-7;1-3(5)4(2)6/h4,6-9H,3,5H2,1-2H3;4-5H,1-3H2;3-4,6H,2,5H2,1H3/q;;+1. The number of carbonyl (C=O) groups excluding carboxylic acids is 2. The Kier molecular flexibility index (Phi) is 12.2. The zero-order chi connectivity index (χ0) is 18.5. The highest BCUT2D eigenvalue weighted by atomic mass is 16.5. The number of fused-ring (bicyclic) bond motifs is 1. The Labute approximate surface area is 146 Å². The minimum absolute atomic E-state index is 0.204. The molecule has 1 fully saturated rings. The normalized spacial score (nSPS) is 26.9. The Bertz CT molecular complexity index is 358. The number of aliphatic hydroxyl groups is 1. The van der Waals surface area contributed by atoms with Crippen LogP contribution in [-0.4, -0.2) is 53.1 Å². The van der Waals surface area contributed by atoms with Crippen LogP contribution in [-0.2, 0) is 14.3 Å². The molecule has 0 spiro atoms. The Morgan fingerprint density at radius 2 is 1.92 bits per heavy atom. The molecule has 6 heteroatoms. The van der Waals surface area contributed by atoms with E-state index in [1.807, 2.05) is 0 Å². The van der Waals surface area contributed by atoms with Gasteiger partial charge in [0.25, 0.3) is 0 Å². The maximum atomic E-state index is 9.56. The van der Waals surface area contributed by atoms with Crippen molar-refractivity contribution in [2.24, 2.45) is 5.73 Å². The highest BCUT2D eigenvalue weighted by Gasteiger charge is 2.35. The van der Waals surface area contributed by atoms with Gasteiger partial charge in [0.05, 0.1) is 25.1 Å². The van der Waals surface area contributed by atoms with Gasteiger partial charge in [-0.3, -0.25) is 0 Å². The molecule has 138 valence electrons. The minimum Gasteiger partial charge on any atom is -0.353 e. The molecule has 0 radical (unpaired) electrons. The van der Waals surface area contributed by atoms with Crippen LogP contribution in [0.1, 0.15) is 52.9 Å². The Hall–Kier alpha value is -1.37. The Balaban J connectivity index is 0.000000357. The van der Waals surface area contributed by atoms with Crippen LogP contribution < -0.4 is 5.73 Å². The number of nitrogens with two attached hydrogens (primary N) is 1. The number of hydrogen-bond donors (Lipinski definition) is 2. The van der Waals surface area contributed by atoms with Gasteiger partial charge in [0.1, 0.15) is 18.8 Å². The molecule has 6 nitrogen and oxygen atoms in total. The van der Waals surface area contributed by atoms with E-state index in [-0.39, 0.29) is 6.04 Å². The van der Waals surface area contributed by atoms with Crippen molar-refractivity contribution in [2.45, 2.75) is 83.4 Å². The van der Waals surface area contributed by atoms with Gasteiger partial charge in [0, 0.05) is 12.8 Å². The van der Waals surface area contributed by atoms with Crippen LogP contribution >= 0.6 is 0 Å². The molecule has 1 saturated heterocycles. The predicted octanol–water partition coefficient (Wildman–Crippen LogP) is 1.81. The average molecular weight is 341 g/mol. The van der Waals surface area contributed by atoms with Gasteiger partial charge in [0.2, 0.25) is 6.10 Å². The van der Waals surface area contributed by atoms with Crippen LogP contribution in [0.4, 0.5) is 0 Å². The van der Waals surface area contributed by atoms with E-state index in [9.17, 15) is 9.59 Å². The fourth-order valence-corrected chi connectivity index (χ4v) is 2.10. The number of carbonyl (C=O) groups is 2. The van der Waals surface area contributed by atoms with Crippen LogP contribution in [0.25, 0.3) is 0 Å². The first-order chi connectivity index (χ1) is 11.3. The van der Waals surface area contributed by atoms with Crippen LogP contribution in [0.2, 0.25) is 0 Å².